The van der Waals surface area contributed by atoms with E-state index in [2.05, 4.69) is 12.2 Å². The summed E-state index contributed by atoms with van der Waals surface area (Å²) in [5.74, 6) is 2.79. The molecule has 0 fully saturated rings. The molecule has 1 N–H and O–H groups in total. The number of nitrogens with one attached hydrogen (secondary N) is 1. The third-order valence-electron chi connectivity index (χ3n) is 3.98. The van der Waals surface area contributed by atoms with Gasteiger partial charge in [0.2, 0.25) is 0 Å². The second kappa shape index (κ2) is 6.54. The second-order valence-electron chi connectivity index (χ2n) is 5.25. The van der Waals surface area contributed by atoms with Gasteiger partial charge in [0.05, 0.1) is 7.11 Å². The molecule has 0 spiro atoms. The number of furan rings is 1. The highest BCUT2D eigenvalue weighted by Crippen LogP contribution is 2.32. The number of likely N-dealkylation sites (N-methyl/N-ethyl adjacent to an activating group) is 1. The van der Waals surface area contributed by atoms with Crippen molar-refractivity contribution in [2.75, 3.05) is 14.2 Å². The highest BCUT2D eigenvalue weighted by Gasteiger charge is 2.21. The smallest absolute Gasteiger partial charge is 0.122 e. The molecule has 0 aliphatic carbocycles. The molecule has 2 rings (SSSR count). The Kier molecular flexibility index (Phi) is 4.96. The minimum atomic E-state index is 0.162. The zero-order valence-corrected chi connectivity index (χ0v) is 14.0. The van der Waals surface area contributed by atoms with Crippen LogP contribution >= 0.6 is 11.6 Å². The van der Waals surface area contributed by atoms with E-state index in [0.717, 1.165) is 34.3 Å². The Balaban J connectivity index is 2.38. The summed E-state index contributed by atoms with van der Waals surface area (Å²) in [6.07, 6.45) is 0.793. The molecule has 1 heterocycles. The Morgan fingerprint density at radius 2 is 1.95 bits per heavy atom. The molecule has 1 atom stereocenters. The van der Waals surface area contributed by atoms with Gasteiger partial charge < -0.3 is 14.5 Å². The second-order valence-corrected chi connectivity index (χ2v) is 5.69. The van der Waals surface area contributed by atoms with Crippen molar-refractivity contribution < 1.29 is 9.15 Å². The fourth-order valence-electron chi connectivity index (χ4n) is 2.80. The van der Waals surface area contributed by atoms with Crippen LogP contribution in [0, 0.1) is 20.8 Å². The molecular weight excluding hydrogens is 286 g/mol. The van der Waals surface area contributed by atoms with Crippen LogP contribution < -0.4 is 10.1 Å². The Morgan fingerprint density at radius 3 is 2.48 bits per heavy atom. The monoisotopic (exact) mass is 307 g/mol. The minimum Gasteiger partial charge on any atom is -0.496 e. The lowest BCUT2D eigenvalue weighted by Crippen LogP contribution is -2.20. The molecule has 4 heteroatoms. The zero-order valence-electron chi connectivity index (χ0n) is 13.2. The SMILES string of the molecule is CNC(Cc1cc(Cl)ccc1OC)c1c(C)oc(C)c1C. The van der Waals surface area contributed by atoms with Crippen molar-refractivity contribution in [2.24, 2.45) is 0 Å². The number of benzene rings is 1. The molecule has 0 radical (unpaired) electrons. The molecule has 1 aromatic heterocycles. The molecule has 2 aromatic rings. The average molecular weight is 308 g/mol. The molecular formula is C17H22ClNO2. The van der Waals surface area contributed by atoms with Gasteiger partial charge in [0, 0.05) is 16.6 Å². The van der Waals surface area contributed by atoms with Gasteiger partial charge in [0.25, 0.3) is 0 Å². The average Bonchev–Trinajstić information content (AvgIpc) is 2.70. The van der Waals surface area contributed by atoms with Crippen LogP contribution in [-0.2, 0) is 6.42 Å². The molecule has 0 aliphatic rings. The molecule has 114 valence electrons. The van der Waals surface area contributed by atoms with Gasteiger partial charge in [-0.3, -0.25) is 0 Å². The molecule has 1 unspecified atom stereocenters. The first kappa shape index (κ1) is 15.9. The van der Waals surface area contributed by atoms with Gasteiger partial charge in [-0.15, -0.1) is 0 Å². The number of hydrogen-bond donors (Lipinski definition) is 1. The summed E-state index contributed by atoms with van der Waals surface area (Å²) < 4.78 is 11.2. The van der Waals surface area contributed by atoms with Gasteiger partial charge in [0.15, 0.2) is 0 Å². The first-order valence-corrected chi connectivity index (χ1v) is 7.41. The fourth-order valence-corrected chi connectivity index (χ4v) is 2.99. The van der Waals surface area contributed by atoms with Gasteiger partial charge in [0.1, 0.15) is 17.3 Å². The van der Waals surface area contributed by atoms with E-state index in [4.69, 9.17) is 20.8 Å². The topological polar surface area (TPSA) is 34.4 Å². The van der Waals surface area contributed by atoms with E-state index in [9.17, 15) is 0 Å². The predicted octanol–water partition coefficient (Wildman–Crippen LogP) is 4.37. The molecule has 0 aliphatic heterocycles. The van der Waals surface area contributed by atoms with E-state index in [0.29, 0.717) is 0 Å². The normalized spacial score (nSPS) is 12.5. The van der Waals surface area contributed by atoms with E-state index in [1.165, 1.54) is 11.1 Å². The molecule has 21 heavy (non-hydrogen) atoms. The Bertz CT molecular complexity index is 634. The van der Waals surface area contributed by atoms with Crippen LogP contribution in [0.1, 0.15) is 34.3 Å². The van der Waals surface area contributed by atoms with Crippen LogP contribution in [0.15, 0.2) is 22.6 Å². The summed E-state index contributed by atoms with van der Waals surface area (Å²) in [7, 11) is 3.64. The largest absolute Gasteiger partial charge is 0.496 e. The van der Waals surface area contributed by atoms with E-state index >= 15 is 0 Å². The molecule has 0 saturated heterocycles. The summed E-state index contributed by atoms with van der Waals surface area (Å²) in [5.41, 5.74) is 3.51. The number of methoxy groups -OCH3 is 1. The summed E-state index contributed by atoms with van der Waals surface area (Å²) >= 11 is 6.12. The van der Waals surface area contributed by atoms with E-state index in [-0.39, 0.29) is 6.04 Å². The lowest BCUT2D eigenvalue weighted by Gasteiger charge is -2.19. The minimum absolute atomic E-state index is 0.162. The van der Waals surface area contributed by atoms with Gasteiger partial charge in [-0.1, -0.05) is 11.6 Å². The van der Waals surface area contributed by atoms with Crippen LogP contribution in [0.2, 0.25) is 5.02 Å². The van der Waals surface area contributed by atoms with Gasteiger partial charge in [-0.05, 0) is 63.6 Å². The third kappa shape index (κ3) is 3.25. The van der Waals surface area contributed by atoms with Crippen LogP contribution in [0.4, 0.5) is 0 Å². The van der Waals surface area contributed by atoms with E-state index < -0.39 is 0 Å². The first-order valence-electron chi connectivity index (χ1n) is 7.04. The van der Waals surface area contributed by atoms with E-state index in [1.54, 1.807) is 7.11 Å². The highest BCUT2D eigenvalue weighted by molar-refractivity contribution is 6.30. The molecule has 0 saturated carbocycles. The number of ether oxygens (including phenoxy) is 1. The van der Waals surface area contributed by atoms with Gasteiger partial charge in [-0.25, -0.2) is 0 Å². The van der Waals surface area contributed by atoms with Crippen molar-refractivity contribution in [1.29, 1.82) is 0 Å². The zero-order chi connectivity index (χ0) is 15.6. The maximum absolute atomic E-state index is 6.12. The lowest BCUT2D eigenvalue weighted by atomic mass is 9.95. The van der Waals surface area contributed by atoms with Crippen molar-refractivity contribution >= 4 is 11.6 Å². The standard InChI is InChI=1S/C17H22ClNO2/c1-10-11(2)21-12(3)17(10)15(19-4)9-13-8-14(18)6-7-16(13)20-5/h6-8,15,19H,9H2,1-5H3. The third-order valence-corrected chi connectivity index (χ3v) is 4.22. The summed E-state index contributed by atoms with van der Waals surface area (Å²) in [6, 6.07) is 5.87. The summed E-state index contributed by atoms with van der Waals surface area (Å²) in [5, 5.41) is 4.09. The van der Waals surface area contributed by atoms with E-state index in [1.807, 2.05) is 39.1 Å². The lowest BCUT2D eigenvalue weighted by molar-refractivity contribution is 0.406. The fraction of sp³-hybridized carbons (Fsp3) is 0.412. The van der Waals surface area contributed by atoms with Crippen molar-refractivity contribution in [3.63, 3.8) is 0 Å². The quantitative estimate of drug-likeness (QED) is 0.890. The van der Waals surface area contributed by atoms with Crippen LogP contribution in [-0.4, -0.2) is 14.2 Å². The summed E-state index contributed by atoms with van der Waals surface area (Å²) in [4.78, 5) is 0. The Hall–Kier alpha value is -1.45. The number of hydrogen-bond acceptors (Lipinski definition) is 3. The molecule has 0 bridgehead atoms. The number of rotatable bonds is 5. The maximum atomic E-state index is 6.12. The van der Waals surface area contributed by atoms with Crippen molar-refractivity contribution in [3.05, 3.63) is 51.4 Å². The van der Waals surface area contributed by atoms with Crippen molar-refractivity contribution in [3.8, 4) is 5.75 Å². The summed E-state index contributed by atoms with van der Waals surface area (Å²) in [6.45, 7) is 6.11. The number of halogens is 1. The van der Waals surface area contributed by atoms with Crippen LogP contribution in [0.25, 0.3) is 0 Å². The predicted molar refractivity (Wildman–Crippen MR) is 86.4 cm³/mol. The Labute approximate surface area is 131 Å². The van der Waals surface area contributed by atoms with Crippen molar-refractivity contribution in [2.45, 2.75) is 33.2 Å². The van der Waals surface area contributed by atoms with Crippen molar-refractivity contribution in [1.82, 2.24) is 5.32 Å². The van der Waals surface area contributed by atoms with Gasteiger partial charge in [-0.2, -0.15) is 0 Å². The highest BCUT2D eigenvalue weighted by atomic mass is 35.5. The van der Waals surface area contributed by atoms with Crippen LogP contribution in [0.3, 0.4) is 0 Å². The van der Waals surface area contributed by atoms with Gasteiger partial charge >= 0.3 is 0 Å². The number of aryl methyl sites for hydroxylation is 2. The molecule has 0 amide bonds. The van der Waals surface area contributed by atoms with Crippen LogP contribution in [0.5, 0.6) is 5.75 Å². The maximum Gasteiger partial charge on any atom is 0.122 e. The Morgan fingerprint density at radius 1 is 1.24 bits per heavy atom. The first-order chi connectivity index (χ1) is 9.97. The molecule has 1 aromatic carbocycles. The molecule has 3 nitrogen and oxygen atoms in total.